The van der Waals surface area contributed by atoms with Gasteiger partial charge in [0.1, 0.15) is 0 Å². The number of hydrogen-bond acceptors (Lipinski definition) is 5. The van der Waals surface area contributed by atoms with Crippen molar-refractivity contribution in [1.29, 1.82) is 0 Å². The molecule has 2 heterocycles. The molecule has 0 N–H and O–H groups in total. The molecule has 0 unspecified atom stereocenters. The van der Waals surface area contributed by atoms with Crippen molar-refractivity contribution in [2.45, 2.75) is 25.6 Å². The standard InChI is InChI=1S/C11H21NO4S/c13-17(14)9-1-4-12(6-10-17)5-3-11-15-7-2-8-16-11/h11H,1-10H2. The highest BCUT2D eigenvalue weighted by Crippen LogP contribution is 2.11. The third kappa shape index (κ3) is 4.54. The van der Waals surface area contributed by atoms with Gasteiger partial charge in [0.05, 0.1) is 24.7 Å². The minimum absolute atomic E-state index is 0.0939. The van der Waals surface area contributed by atoms with Crippen LogP contribution in [0.5, 0.6) is 0 Å². The van der Waals surface area contributed by atoms with Crippen LogP contribution in [0.2, 0.25) is 0 Å². The molecule has 2 fully saturated rings. The highest BCUT2D eigenvalue weighted by Gasteiger charge is 2.20. The molecule has 0 spiro atoms. The maximum Gasteiger partial charge on any atom is 0.158 e. The minimum Gasteiger partial charge on any atom is -0.353 e. The Balaban J connectivity index is 1.71. The van der Waals surface area contributed by atoms with E-state index in [2.05, 4.69) is 4.90 Å². The van der Waals surface area contributed by atoms with Crippen LogP contribution in [0, 0.1) is 0 Å². The summed E-state index contributed by atoms with van der Waals surface area (Å²) in [5.74, 6) is 0.624. The molecule has 0 aliphatic carbocycles. The molecule has 0 aromatic rings. The molecule has 0 atom stereocenters. The summed E-state index contributed by atoms with van der Waals surface area (Å²) in [6.45, 7) is 3.93. The highest BCUT2D eigenvalue weighted by atomic mass is 32.2. The summed E-state index contributed by atoms with van der Waals surface area (Å²) in [5, 5.41) is 0. The lowest BCUT2D eigenvalue weighted by atomic mass is 10.3. The fourth-order valence-corrected chi connectivity index (χ4v) is 3.51. The van der Waals surface area contributed by atoms with E-state index in [1.165, 1.54) is 0 Å². The Labute approximate surface area is 103 Å². The zero-order chi connectivity index (χ0) is 12.1. The molecule has 0 aromatic carbocycles. The maximum atomic E-state index is 11.4. The lowest BCUT2D eigenvalue weighted by molar-refractivity contribution is -0.182. The zero-order valence-corrected chi connectivity index (χ0v) is 11.0. The Bertz CT molecular complexity index is 324. The van der Waals surface area contributed by atoms with Crippen LogP contribution in [-0.2, 0) is 19.3 Å². The van der Waals surface area contributed by atoms with Gasteiger partial charge in [-0.25, -0.2) is 8.42 Å². The first kappa shape index (κ1) is 13.3. The van der Waals surface area contributed by atoms with Gasteiger partial charge in [-0.2, -0.15) is 0 Å². The lowest BCUT2D eigenvalue weighted by Gasteiger charge is -2.26. The summed E-state index contributed by atoms with van der Waals surface area (Å²) >= 11 is 0. The van der Waals surface area contributed by atoms with Crippen LogP contribution in [0.25, 0.3) is 0 Å². The van der Waals surface area contributed by atoms with Gasteiger partial charge in [0.25, 0.3) is 0 Å². The fraction of sp³-hybridized carbons (Fsp3) is 1.00. The molecule has 0 bridgehead atoms. The second-order valence-corrected chi connectivity index (χ2v) is 6.96. The zero-order valence-electron chi connectivity index (χ0n) is 10.1. The van der Waals surface area contributed by atoms with Crippen molar-refractivity contribution >= 4 is 9.84 Å². The van der Waals surface area contributed by atoms with Gasteiger partial charge < -0.3 is 14.4 Å². The van der Waals surface area contributed by atoms with Gasteiger partial charge in [0, 0.05) is 19.5 Å². The molecular formula is C11H21NO4S. The van der Waals surface area contributed by atoms with E-state index in [9.17, 15) is 8.42 Å². The first-order chi connectivity index (χ1) is 8.16. The summed E-state index contributed by atoms with van der Waals surface area (Å²) in [5.41, 5.74) is 0. The Morgan fingerprint density at radius 3 is 2.59 bits per heavy atom. The summed E-state index contributed by atoms with van der Waals surface area (Å²) in [7, 11) is -2.80. The normalized spacial score (nSPS) is 27.8. The first-order valence-corrected chi connectivity index (χ1v) is 8.14. The third-order valence-electron chi connectivity index (χ3n) is 3.23. The van der Waals surface area contributed by atoms with E-state index in [1.807, 2.05) is 0 Å². The van der Waals surface area contributed by atoms with Gasteiger partial charge in [-0.1, -0.05) is 0 Å². The molecule has 2 aliphatic rings. The summed E-state index contributed by atoms with van der Waals surface area (Å²) in [4.78, 5) is 2.20. The maximum absolute atomic E-state index is 11.4. The monoisotopic (exact) mass is 263 g/mol. The predicted molar refractivity (Wildman–Crippen MR) is 64.6 cm³/mol. The van der Waals surface area contributed by atoms with E-state index in [-0.39, 0.29) is 6.29 Å². The van der Waals surface area contributed by atoms with Crippen molar-refractivity contribution in [2.24, 2.45) is 0 Å². The molecule has 0 aromatic heterocycles. The highest BCUT2D eigenvalue weighted by molar-refractivity contribution is 7.91. The number of sulfone groups is 1. The summed E-state index contributed by atoms with van der Waals surface area (Å²) in [6.07, 6.45) is 2.45. The molecule has 2 aliphatic heterocycles. The Morgan fingerprint density at radius 1 is 1.06 bits per heavy atom. The molecule has 5 nitrogen and oxygen atoms in total. The van der Waals surface area contributed by atoms with E-state index >= 15 is 0 Å². The molecular weight excluding hydrogens is 242 g/mol. The van der Waals surface area contributed by atoms with Crippen molar-refractivity contribution in [3.8, 4) is 0 Å². The lowest BCUT2D eigenvalue weighted by Crippen LogP contribution is -2.33. The summed E-state index contributed by atoms with van der Waals surface area (Å²) < 4.78 is 33.8. The minimum atomic E-state index is -2.80. The summed E-state index contributed by atoms with van der Waals surface area (Å²) in [6, 6.07) is 0. The molecule has 0 amide bonds. The van der Waals surface area contributed by atoms with Crippen molar-refractivity contribution in [2.75, 3.05) is 44.4 Å². The Hall–Kier alpha value is -0.170. The van der Waals surface area contributed by atoms with E-state index in [0.717, 1.165) is 45.6 Å². The van der Waals surface area contributed by atoms with Crippen molar-refractivity contribution in [3.63, 3.8) is 0 Å². The second kappa shape index (κ2) is 6.13. The molecule has 0 radical (unpaired) electrons. The van der Waals surface area contributed by atoms with Gasteiger partial charge in [0.15, 0.2) is 16.1 Å². The third-order valence-corrected chi connectivity index (χ3v) is 4.94. The number of rotatable bonds is 3. The van der Waals surface area contributed by atoms with Crippen LogP contribution < -0.4 is 0 Å². The predicted octanol–water partition coefficient (Wildman–Crippen LogP) is 0.260. The van der Waals surface area contributed by atoms with Crippen molar-refractivity contribution in [3.05, 3.63) is 0 Å². The topological polar surface area (TPSA) is 55.8 Å². The average molecular weight is 263 g/mol. The van der Waals surface area contributed by atoms with Crippen LogP contribution in [0.3, 0.4) is 0 Å². The van der Waals surface area contributed by atoms with Gasteiger partial charge in [-0.05, 0) is 19.4 Å². The number of hydrogen-bond donors (Lipinski definition) is 0. The van der Waals surface area contributed by atoms with Gasteiger partial charge in [0.2, 0.25) is 0 Å². The first-order valence-electron chi connectivity index (χ1n) is 6.32. The SMILES string of the molecule is O=S1(=O)CCCN(CCC2OCCCO2)CC1. The molecule has 6 heteroatoms. The van der Waals surface area contributed by atoms with Gasteiger partial charge >= 0.3 is 0 Å². The van der Waals surface area contributed by atoms with Crippen molar-refractivity contribution < 1.29 is 17.9 Å². The van der Waals surface area contributed by atoms with Crippen LogP contribution in [0.15, 0.2) is 0 Å². The van der Waals surface area contributed by atoms with E-state index in [1.54, 1.807) is 0 Å². The second-order valence-electron chi connectivity index (χ2n) is 4.66. The Kier molecular flexibility index (Phi) is 4.78. The van der Waals surface area contributed by atoms with E-state index in [4.69, 9.17) is 9.47 Å². The quantitative estimate of drug-likeness (QED) is 0.731. The molecule has 2 saturated heterocycles. The van der Waals surface area contributed by atoms with Crippen LogP contribution in [0.1, 0.15) is 19.3 Å². The Morgan fingerprint density at radius 2 is 1.82 bits per heavy atom. The van der Waals surface area contributed by atoms with Crippen LogP contribution in [0.4, 0.5) is 0 Å². The van der Waals surface area contributed by atoms with Gasteiger partial charge in [-0.15, -0.1) is 0 Å². The average Bonchev–Trinajstić information content (AvgIpc) is 2.49. The van der Waals surface area contributed by atoms with E-state index in [0.29, 0.717) is 18.1 Å². The molecule has 17 heavy (non-hydrogen) atoms. The number of nitrogens with zero attached hydrogens (tertiary/aromatic N) is 1. The molecule has 0 saturated carbocycles. The molecule has 100 valence electrons. The molecule has 2 rings (SSSR count). The van der Waals surface area contributed by atoms with Crippen LogP contribution in [-0.4, -0.2) is 64.0 Å². The van der Waals surface area contributed by atoms with Crippen LogP contribution >= 0.6 is 0 Å². The van der Waals surface area contributed by atoms with E-state index < -0.39 is 9.84 Å². The number of ether oxygens (including phenoxy) is 2. The largest absolute Gasteiger partial charge is 0.353 e. The fourth-order valence-electron chi connectivity index (χ4n) is 2.20. The smallest absolute Gasteiger partial charge is 0.158 e. The van der Waals surface area contributed by atoms with Crippen molar-refractivity contribution in [1.82, 2.24) is 4.90 Å². The van der Waals surface area contributed by atoms with Gasteiger partial charge in [-0.3, -0.25) is 0 Å².